The van der Waals surface area contributed by atoms with Gasteiger partial charge in [0.05, 0.1) is 18.5 Å². The summed E-state index contributed by atoms with van der Waals surface area (Å²) in [7, 11) is 5.41. The predicted molar refractivity (Wildman–Crippen MR) is 122 cm³/mol. The van der Waals surface area contributed by atoms with Crippen molar-refractivity contribution in [1.82, 2.24) is 15.2 Å². The molecule has 0 aliphatic rings. The second-order valence-electron chi connectivity index (χ2n) is 6.94. The first-order chi connectivity index (χ1) is 15.0. The quantitative estimate of drug-likeness (QED) is 0.407. The van der Waals surface area contributed by atoms with Crippen molar-refractivity contribution in [1.29, 1.82) is 0 Å². The molecule has 2 N–H and O–H groups in total. The van der Waals surface area contributed by atoms with E-state index in [1.807, 2.05) is 48.5 Å². The average Bonchev–Trinajstić information content (AvgIpc) is 3.47. The number of aliphatic imine (C=N–C) groups is 1. The Labute approximate surface area is 186 Å². The number of aromatic nitrogens is 1. The standard InChI is InChI=1S/C22H27N5O3S/c1-15(29-4)21-26-18(14-31-21)13-27(3)22(23-2)24-12-16-7-9-17(10-8-16)25-20(28)19-6-5-11-30-19/h5-11,14-15H,12-13H2,1-4H3,(H,23,24)(H,25,28). The fourth-order valence-electron chi connectivity index (χ4n) is 2.87. The van der Waals surface area contributed by atoms with Crippen LogP contribution in [0.3, 0.4) is 0 Å². The number of benzene rings is 1. The average molecular weight is 442 g/mol. The van der Waals surface area contributed by atoms with E-state index in [1.54, 1.807) is 37.6 Å². The van der Waals surface area contributed by atoms with Crippen LogP contribution < -0.4 is 10.6 Å². The Hall–Kier alpha value is -3.17. The van der Waals surface area contributed by atoms with Gasteiger partial charge >= 0.3 is 0 Å². The third-order valence-corrected chi connectivity index (χ3v) is 5.71. The van der Waals surface area contributed by atoms with Gasteiger partial charge < -0.3 is 24.7 Å². The van der Waals surface area contributed by atoms with Crippen LogP contribution in [0.1, 0.15) is 39.8 Å². The van der Waals surface area contributed by atoms with Gasteiger partial charge in [-0.1, -0.05) is 12.1 Å². The van der Waals surface area contributed by atoms with Crippen molar-refractivity contribution < 1.29 is 13.9 Å². The molecule has 0 radical (unpaired) electrons. The van der Waals surface area contributed by atoms with E-state index in [2.05, 4.69) is 20.6 Å². The van der Waals surface area contributed by atoms with Crippen LogP contribution in [0.2, 0.25) is 0 Å². The molecule has 1 aromatic carbocycles. The van der Waals surface area contributed by atoms with Crippen molar-refractivity contribution >= 4 is 28.9 Å². The summed E-state index contributed by atoms with van der Waals surface area (Å²) in [5.41, 5.74) is 2.75. The second kappa shape index (κ2) is 10.7. The van der Waals surface area contributed by atoms with Crippen LogP contribution in [-0.2, 0) is 17.8 Å². The Balaban J connectivity index is 1.51. The maximum Gasteiger partial charge on any atom is 0.291 e. The van der Waals surface area contributed by atoms with Crippen LogP contribution in [0.4, 0.5) is 5.69 Å². The van der Waals surface area contributed by atoms with E-state index in [1.165, 1.54) is 6.26 Å². The van der Waals surface area contributed by atoms with Gasteiger partial charge in [-0.15, -0.1) is 11.3 Å². The van der Waals surface area contributed by atoms with Crippen molar-refractivity contribution in [3.05, 3.63) is 70.1 Å². The predicted octanol–water partition coefficient (Wildman–Crippen LogP) is 3.90. The number of methoxy groups -OCH3 is 1. The normalized spacial score (nSPS) is 12.5. The molecule has 0 aliphatic heterocycles. The van der Waals surface area contributed by atoms with Crippen molar-refractivity contribution in [2.75, 3.05) is 26.5 Å². The molecule has 1 atom stereocenters. The Bertz CT molecular complexity index is 999. The lowest BCUT2D eigenvalue weighted by molar-refractivity contribution is 0.0996. The van der Waals surface area contributed by atoms with Gasteiger partial charge in [-0.25, -0.2) is 4.98 Å². The number of nitrogens with one attached hydrogen (secondary N) is 2. The van der Waals surface area contributed by atoms with Crippen LogP contribution in [0.5, 0.6) is 0 Å². The largest absolute Gasteiger partial charge is 0.459 e. The topological polar surface area (TPSA) is 92.0 Å². The highest BCUT2D eigenvalue weighted by atomic mass is 32.1. The number of nitrogens with zero attached hydrogens (tertiary/aromatic N) is 3. The first-order valence-corrected chi connectivity index (χ1v) is 10.7. The summed E-state index contributed by atoms with van der Waals surface area (Å²) in [4.78, 5) is 23.1. The third-order valence-electron chi connectivity index (χ3n) is 4.65. The maximum absolute atomic E-state index is 12.0. The third kappa shape index (κ3) is 6.16. The number of ether oxygens (including phenoxy) is 1. The monoisotopic (exact) mass is 441 g/mol. The summed E-state index contributed by atoms with van der Waals surface area (Å²) >= 11 is 1.60. The molecule has 2 heterocycles. The lowest BCUT2D eigenvalue weighted by Crippen LogP contribution is -2.38. The fraction of sp³-hybridized carbons (Fsp3) is 0.318. The minimum absolute atomic E-state index is 0.00618. The Morgan fingerprint density at radius 1 is 1.32 bits per heavy atom. The Kier molecular flexibility index (Phi) is 7.80. The van der Waals surface area contributed by atoms with Gasteiger partial charge in [0, 0.05) is 38.8 Å². The van der Waals surface area contributed by atoms with Crippen LogP contribution in [0.25, 0.3) is 0 Å². The molecule has 0 saturated heterocycles. The van der Waals surface area contributed by atoms with Gasteiger partial charge in [-0.3, -0.25) is 9.79 Å². The van der Waals surface area contributed by atoms with Crippen LogP contribution in [0.15, 0.2) is 57.5 Å². The molecule has 31 heavy (non-hydrogen) atoms. The van der Waals surface area contributed by atoms with Crippen LogP contribution in [0, 0.1) is 0 Å². The molecule has 0 bridgehead atoms. The molecular formula is C22H27N5O3S. The molecule has 0 saturated carbocycles. The molecule has 9 heteroatoms. The number of rotatable bonds is 8. The number of carbonyl (C=O) groups excluding carboxylic acids is 1. The lowest BCUT2D eigenvalue weighted by Gasteiger charge is -2.21. The first kappa shape index (κ1) is 22.5. The molecule has 0 fully saturated rings. The maximum atomic E-state index is 12.0. The summed E-state index contributed by atoms with van der Waals surface area (Å²) in [5, 5.41) is 9.17. The van der Waals surface area contributed by atoms with Gasteiger partial charge in [-0.05, 0) is 36.8 Å². The highest BCUT2D eigenvalue weighted by Crippen LogP contribution is 2.21. The molecule has 8 nitrogen and oxygen atoms in total. The number of hydrogen-bond acceptors (Lipinski definition) is 6. The van der Waals surface area contributed by atoms with Gasteiger partial charge in [0.1, 0.15) is 11.1 Å². The molecule has 2 aromatic heterocycles. The zero-order valence-corrected chi connectivity index (χ0v) is 18.9. The minimum atomic E-state index is -0.275. The van der Waals surface area contributed by atoms with E-state index in [0.717, 1.165) is 22.2 Å². The van der Waals surface area contributed by atoms with E-state index in [9.17, 15) is 4.79 Å². The van der Waals surface area contributed by atoms with Crippen molar-refractivity contribution in [3.8, 4) is 0 Å². The number of carbonyl (C=O) groups is 1. The smallest absolute Gasteiger partial charge is 0.291 e. The number of hydrogen-bond donors (Lipinski definition) is 2. The number of furan rings is 1. The zero-order chi connectivity index (χ0) is 22.2. The van der Waals surface area contributed by atoms with E-state index in [-0.39, 0.29) is 17.8 Å². The minimum Gasteiger partial charge on any atom is -0.459 e. The van der Waals surface area contributed by atoms with E-state index >= 15 is 0 Å². The molecule has 0 aliphatic carbocycles. The highest BCUT2D eigenvalue weighted by Gasteiger charge is 2.13. The molecule has 164 valence electrons. The number of amides is 1. The van der Waals surface area contributed by atoms with Crippen LogP contribution in [-0.4, -0.2) is 43.0 Å². The molecule has 1 unspecified atom stereocenters. The van der Waals surface area contributed by atoms with Crippen LogP contribution >= 0.6 is 11.3 Å². The van der Waals surface area contributed by atoms with Gasteiger partial charge in [-0.2, -0.15) is 0 Å². The van der Waals surface area contributed by atoms with Gasteiger partial charge in [0.25, 0.3) is 5.91 Å². The highest BCUT2D eigenvalue weighted by molar-refractivity contribution is 7.09. The second-order valence-corrected chi connectivity index (χ2v) is 7.83. The summed E-state index contributed by atoms with van der Waals surface area (Å²) in [6, 6.07) is 10.9. The molecule has 3 rings (SSSR count). The van der Waals surface area contributed by atoms with E-state index < -0.39 is 0 Å². The van der Waals surface area contributed by atoms with E-state index in [4.69, 9.17) is 9.15 Å². The summed E-state index contributed by atoms with van der Waals surface area (Å²) < 4.78 is 10.4. The Morgan fingerprint density at radius 2 is 2.10 bits per heavy atom. The zero-order valence-electron chi connectivity index (χ0n) is 18.1. The van der Waals surface area contributed by atoms with Crippen molar-refractivity contribution in [3.63, 3.8) is 0 Å². The van der Waals surface area contributed by atoms with E-state index in [0.29, 0.717) is 18.8 Å². The van der Waals surface area contributed by atoms with Crippen molar-refractivity contribution in [2.45, 2.75) is 26.1 Å². The molecule has 1 amide bonds. The first-order valence-electron chi connectivity index (χ1n) is 9.82. The molecule has 3 aromatic rings. The summed E-state index contributed by atoms with van der Waals surface area (Å²) in [6.45, 7) is 3.23. The van der Waals surface area contributed by atoms with Gasteiger partial charge in [0.15, 0.2) is 11.7 Å². The lowest BCUT2D eigenvalue weighted by atomic mass is 10.2. The summed E-state index contributed by atoms with van der Waals surface area (Å²) in [5.74, 6) is 0.772. The number of guanidine groups is 1. The van der Waals surface area contributed by atoms with Gasteiger partial charge in [0.2, 0.25) is 0 Å². The summed E-state index contributed by atoms with van der Waals surface area (Å²) in [6.07, 6.45) is 1.47. The SMILES string of the molecule is CN=C(NCc1ccc(NC(=O)c2ccco2)cc1)N(C)Cc1csc(C(C)OC)n1. The Morgan fingerprint density at radius 3 is 2.74 bits per heavy atom. The van der Waals surface area contributed by atoms with Crippen molar-refractivity contribution in [2.24, 2.45) is 4.99 Å². The number of thiazole rings is 1. The fourth-order valence-corrected chi connectivity index (χ4v) is 3.71. The molecule has 0 spiro atoms. The number of anilines is 1. The molecular weight excluding hydrogens is 414 g/mol.